The maximum Gasteiger partial charge on any atom is 0.236 e. The van der Waals surface area contributed by atoms with E-state index in [9.17, 15) is 4.79 Å². The predicted octanol–water partition coefficient (Wildman–Crippen LogP) is 1.10. The fraction of sp³-hybridized carbons (Fsp3) is 0.909. The van der Waals surface area contributed by atoms with Gasteiger partial charge in [-0.25, -0.2) is 0 Å². The number of carbonyl (C=O) groups is 1. The number of carbonyl (C=O) groups excluding carboxylic acids is 1. The van der Waals surface area contributed by atoms with Gasteiger partial charge < -0.3 is 10.2 Å². The average molecular weight is 198 g/mol. The first-order chi connectivity index (χ1) is 6.43. The summed E-state index contributed by atoms with van der Waals surface area (Å²) < 4.78 is 0. The zero-order valence-electron chi connectivity index (χ0n) is 9.76. The number of nitrogens with zero attached hydrogens (tertiary/aromatic N) is 1. The molecule has 0 aliphatic carbocycles. The highest BCUT2D eigenvalue weighted by atomic mass is 16.2. The molecule has 82 valence electrons. The largest absolute Gasteiger partial charge is 0.340 e. The Bertz CT molecular complexity index is 211. The first-order valence-corrected chi connectivity index (χ1v) is 5.42. The molecule has 14 heavy (non-hydrogen) atoms. The van der Waals surface area contributed by atoms with Crippen LogP contribution in [0.25, 0.3) is 0 Å². The van der Waals surface area contributed by atoms with Crippen LogP contribution in [0.1, 0.15) is 27.7 Å². The molecule has 1 saturated heterocycles. The Kier molecular flexibility index (Phi) is 3.53. The minimum atomic E-state index is 0.215. The van der Waals surface area contributed by atoms with Gasteiger partial charge in [-0.2, -0.15) is 0 Å². The Morgan fingerprint density at radius 1 is 1.50 bits per heavy atom. The second kappa shape index (κ2) is 4.30. The zero-order valence-corrected chi connectivity index (χ0v) is 9.76. The summed E-state index contributed by atoms with van der Waals surface area (Å²) in [4.78, 5) is 13.5. The SMILES string of the molecule is CC(C)C(C)(C)CN1CCNCC1=O. The minimum Gasteiger partial charge on any atom is -0.340 e. The molecule has 0 aromatic heterocycles. The molecule has 3 heteroatoms. The van der Waals surface area contributed by atoms with Gasteiger partial charge in [0.1, 0.15) is 0 Å². The van der Waals surface area contributed by atoms with Crippen LogP contribution in [-0.4, -0.2) is 37.0 Å². The molecule has 0 spiro atoms. The molecule has 1 fully saturated rings. The lowest BCUT2D eigenvalue weighted by Gasteiger charge is -2.37. The van der Waals surface area contributed by atoms with Crippen LogP contribution in [0.3, 0.4) is 0 Å². The van der Waals surface area contributed by atoms with E-state index >= 15 is 0 Å². The van der Waals surface area contributed by atoms with Crippen molar-refractivity contribution in [2.75, 3.05) is 26.2 Å². The quantitative estimate of drug-likeness (QED) is 0.736. The third-order valence-corrected chi connectivity index (χ3v) is 3.35. The van der Waals surface area contributed by atoms with Crippen molar-refractivity contribution in [2.24, 2.45) is 11.3 Å². The summed E-state index contributed by atoms with van der Waals surface area (Å²) in [6, 6.07) is 0. The highest BCUT2D eigenvalue weighted by Gasteiger charge is 2.28. The Morgan fingerprint density at radius 3 is 2.64 bits per heavy atom. The zero-order chi connectivity index (χ0) is 10.8. The van der Waals surface area contributed by atoms with Crippen molar-refractivity contribution < 1.29 is 4.79 Å². The van der Waals surface area contributed by atoms with E-state index in [2.05, 4.69) is 33.0 Å². The van der Waals surface area contributed by atoms with Gasteiger partial charge in [0, 0.05) is 19.6 Å². The van der Waals surface area contributed by atoms with Gasteiger partial charge in [-0.05, 0) is 11.3 Å². The Labute approximate surface area is 86.9 Å². The number of piperazine rings is 1. The molecule has 1 heterocycles. The standard InChI is InChI=1S/C11H22N2O/c1-9(2)11(3,4)8-13-6-5-12-7-10(13)14/h9,12H,5-8H2,1-4H3. The van der Waals surface area contributed by atoms with Gasteiger partial charge >= 0.3 is 0 Å². The summed E-state index contributed by atoms with van der Waals surface area (Å²) in [5.41, 5.74) is 0.215. The van der Waals surface area contributed by atoms with Gasteiger partial charge in [0.05, 0.1) is 6.54 Å². The summed E-state index contributed by atoms with van der Waals surface area (Å²) in [6.45, 7) is 12.1. The van der Waals surface area contributed by atoms with Crippen LogP contribution in [0.15, 0.2) is 0 Å². The normalized spacial score (nSPS) is 19.2. The van der Waals surface area contributed by atoms with Crippen molar-refractivity contribution in [3.05, 3.63) is 0 Å². The van der Waals surface area contributed by atoms with Gasteiger partial charge in [-0.3, -0.25) is 4.79 Å². The van der Waals surface area contributed by atoms with E-state index < -0.39 is 0 Å². The molecule has 1 rings (SSSR count). The van der Waals surface area contributed by atoms with Gasteiger partial charge in [0.2, 0.25) is 5.91 Å². The van der Waals surface area contributed by atoms with Crippen LogP contribution >= 0.6 is 0 Å². The van der Waals surface area contributed by atoms with Gasteiger partial charge in [0.15, 0.2) is 0 Å². The third kappa shape index (κ3) is 2.71. The Balaban J connectivity index is 2.53. The minimum absolute atomic E-state index is 0.215. The summed E-state index contributed by atoms with van der Waals surface area (Å²) in [7, 11) is 0. The highest BCUT2D eigenvalue weighted by Crippen LogP contribution is 2.27. The fourth-order valence-electron chi connectivity index (χ4n) is 1.49. The lowest BCUT2D eigenvalue weighted by molar-refractivity contribution is -0.133. The molecular formula is C11H22N2O. The number of hydrogen-bond acceptors (Lipinski definition) is 2. The van der Waals surface area contributed by atoms with Crippen LogP contribution in [0.4, 0.5) is 0 Å². The van der Waals surface area contributed by atoms with E-state index in [0.717, 1.165) is 19.6 Å². The number of rotatable bonds is 3. The van der Waals surface area contributed by atoms with Crippen molar-refractivity contribution in [1.29, 1.82) is 0 Å². The second-order valence-electron chi connectivity index (χ2n) is 5.14. The van der Waals surface area contributed by atoms with Gasteiger partial charge in [-0.15, -0.1) is 0 Å². The van der Waals surface area contributed by atoms with Gasteiger partial charge in [-0.1, -0.05) is 27.7 Å². The van der Waals surface area contributed by atoms with Gasteiger partial charge in [0.25, 0.3) is 0 Å². The number of hydrogen-bond donors (Lipinski definition) is 1. The van der Waals surface area contributed by atoms with Crippen molar-refractivity contribution in [3.8, 4) is 0 Å². The van der Waals surface area contributed by atoms with E-state index in [1.165, 1.54) is 0 Å². The van der Waals surface area contributed by atoms with Crippen LogP contribution in [0, 0.1) is 11.3 Å². The molecule has 0 aromatic rings. The van der Waals surface area contributed by atoms with Crippen molar-refractivity contribution in [2.45, 2.75) is 27.7 Å². The average Bonchev–Trinajstić information content (AvgIpc) is 2.08. The third-order valence-electron chi connectivity index (χ3n) is 3.35. The van der Waals surface area contributed by atoms with E-state index in [1.807, 2.05) is 4.90 Å². The molecule has 0 saturated carbocycles. The number of amides is 1. The van der Waals surface area contributed by atoms with Crippen LogP contribution < -0.4 is 5.32 Å². The summed E-state index contributed by atoms with van der Waals surface area (Å²) >= 11 is 0. The van der Waals surface area contributed by atoms with Crippen LogP contribution in [-0.2, 0) is 4.79 Å². The molecule has 0 atom stereocenters. The topological polar surface area (TPSA) is 32.3 Å². The molecule has 1 aliphatic rings. The predicted molar refractivity (Wildman–Crippen MR) is 58.1 cm³/mol. The van der Waals surface area contributed by atoms with E-state index in [1.54, 1.807) is 0 Å². The molecule has 0 radical (unpaired) electrons. The summed E-state index contributed by atoms with van der Waals surface area (Å²) in [6.07, 6.45) is 0. The summed E-state index contributed by atoms with van der Waals surface area (Å²) in [5.74, 6) is 0.843. The summed E-state index contributed by atoms with van der Waals surface area (Å²) in [5, 5.41) is 3.09. The first-order valence-electron chi connectivity index (χ1n) is 5.42. The van der Waals surface area contributed by atoms with Crippen LogP contribution in [0.5, 0.6) is 0 Å². The van der Waals surface area contributed by atoms with E-state index in [0.29, 0.717) is 12.5 Å². The van der Waals surface area contributed by atoms with E-state index in [-0.39, 0.29) is 11.3 Å². The molecular weight excluding hydrogens is 176 g/mol. The molecule has 3 nitrogen and oxygen atoms in total. The van der Waals surface area contributed by atoms with Crippen LogP contribution in [0.2, 0.25) is 0 Å². The monoisotopic (exact) mass is 198 g/mol. The number of nitrogens with one attached hydrogen (secondary N) is 1. The van der Waals surface area contributed by atoms with E-state index in [4.69, 9.17) is 0 Å². The lowest BCUT2D eigenvalue weighted by atomic mass is 9.80. The van der Waals surface area contributed by atoms with Crippen molar-refractivity contribution in [1.82, 2.24) is 10.2 Å². The molecule has 1 amide bonds. The Morgan fingerprint density at radius 2 is 2.14 bits per heavy atom. The maximum absolute atomic E-state index is 11.6. The maximum atomic E-state index is 11.6. The van der Waals surface area contributed by atoms with Crippen molar-refractivity contribution in [3.63, 3.8) is 0 Å². The Hall–Kier alpha value is -0.570. The molecule has 0 bridgehead atoms. The fourth-order valence-corrected chi connectivity index (χ4v) is 1.49. The molecule has 0 unspecified atom stereocenters. The smallest absolute Gasteiger partial charge is 0.236 e. The first kappa shape index (κ1) is 11.5. The van der Waals surface area contributed by atoms with Crippen molar-refractivity contribution >= 4 is 5.91 Å². The highest BCUT2D eigenvalue weighted by molar-refractivity contribution is 5.79. The molecule has 1 N–H and O–H groups in total. The molecule has 1 aliphatic heterocycles. The molecule has 0 aromatic carbocycles. The second-order valence-corrected chi connectivity index (χ2v) is 5.14. The lowest BCUT2D eigenvalue weighted by Crippen LogP contribution is -2.51.